The van der Waals surface area contributed by atoms with Gasteiger partial charge in [0.05, 0.1) is 24.2 Å². The fourth-order valence-corrected chi connectivity index (χ4v) is 3.89. The summed E-state index contributed by atoms with van der Waals surface area (Å²) >= 11 is 0. The fourth-order valence-electron chi connectivity index (χ4n) is 2.61. The van der Waals surface area contributed by atoms with Crippen LogP contribution in [0.25, 0.3) is 0 Å². The van der Waals surface area contributed by atoms with Crippen LogP contribution < -0.4 is 14.8 Å². The third-order valence-electron chi connectivity index (χ3n) is 3.93. The number of ether oxygens (including phenoxy) is 2. The molecule has 2 heterocycles. The van der Waals surface area contributed by atoms with Crippen LogP contribution in [0.2, 0.25) is 0 Å². The minimum absolute atomic E-state index is 0.0172. The van der Waals surface area contributed by atoms with Crippen molar-refractivity contribution in [1.29, 1.82) is 0 Å². The first-order chi connectivity index (χ1) is 12.4. The molecule has 9 nitrogen and oxygen atoms in total. The number of nitrogens with zero attached hydrogens (tertiary/aromatic N) is 2. The van der Waals surface area contributed by atoms with Gasteiger partial charge in [-0.05, 0) is 24.6 Å². The summed E-state index contributed by atoms with van der Waals surface area (Å²) < 4.78 is 39.6. The number of carbonyl (C=O) groups excluding carboxylic acids is 1. The zero-order valence-electron chi connectivity index (χ0n) is 14.4. The van der Waals surface area contributed by atoms with E-state index in [4.69, 9.17) is 9.47 Å². The zero-order chi connectivity index (χ0) is 18.7. The van der Waals surface area contributed by atoms with Crippen molar-refractivity contribution >= 4 is 21.7 Å². The third-order valence-corrected chi connectivity index (χ3v) is 5.45. The lowest BCUT2D eigenvalue weighted by Crippen LogP contribution is -2.35. The number of methoxy groups -OCH3 is 1. The molecule has 1 aliphatic heterocycles. The number of nitrogens with one attached hydrogen (secondary N) is 2. The molecular weight excluding hydrogens is 360 g/mol. The van der Waals surface area contributed by atoms with E-state index in [1.54, 1.807) is 24.0 Å². The van der Waals surface area contributed by atoms with E-state index in [1.807, 2.05) is 0 Å². The van der Waals surface area contributed by atoms with Crippen LogP contribution in [0.4, 0.5) is 5.82 Å². The molecule has 26 heavy (non-hydrogen) atoms. The Morgan fingerprint density at radius 1 is 1.38 bits per heavy atom. The number of hydrogen-bond donors (Lipinski definition) is 2. The smallest absolute Gasteiger partial charge is 0.260 e. The van der Waals surface area contributed by atoms with E-state index in [2.05, 4.69) is 15.1 Å². The highest BCUT2D eigenvalue weighted by atomic mass is 32.2. The number of aromatic nitrogens is 2. The summed E-state index contributed by atoms with van der Waals surface area (Å²) in [6.07, 6.45) is 2.30. The molecule has 0 saturated carbocycles. The van der Waals surface area contributed by atoms with E-state index >= 15 is 0 Å². The first-order valence-corrected chi connectivity index (χ1v) is 9.46. The van der Waals surface area contributed by atoms with Crippen LogP contribution in [0, 0.1) is 0 Å². The van der Waals surface area contributed by atoms with Crippen molar-refractivity contribution in [2.24, 2.45) is 7.05 Å². The molecule has 140 valence electrons. The quantitative estimate of drug-likeness (QED) is 0.765. The molecule has 1 saturated heterocycles. The van der Waals surface area contributed by atoms with Crippen LogP contribution in [0.1, 0.15) is 16.8 Å². The number of benzene rings is 1. The number of amides is 1. The van der Waals surface area contributed by atoms with E-state index in [-0.39, 0.29) is 22.3 Å². The summed E-state index contributed by atoms with van der Waals surface area (Å²) in [6, 6.07) is 5.50. The monoisotopic (exact) mass is 380 g/mol. The molecule has 1 atom stereocenters. The van der Waals surface area contributed by atoms with Crippen molar-refractivity contribution in [2.75, 3.05) is 25.6 Å². The summed E-state index contributed by atoms with van der Waals surface area (Å²) in [6.45, 7) is 0.857. The molecule has 1 amide bonds. The normalized spacial score (nSPS) is 17.2. The SMILES string of the molecule is COc1ccc(S(=O)(=O)N[C@H]2CCOC2)cc1C(=O)Nc1ccn(C)n1. The number of sulfonamides is 1. The van der Waals surface area contributed by atoms with E-state index < -0.39 is 15.9 Å². The average molecular weight is 380 g/mol. The molecule has 0 aliphatic carbocycles. The number of rotatable bonds is 6. The van der Waals surface area contributed by atoms with Crippen LogP contribution in [0.15, 0.2) is 35.4 Å². The molecule has 2 aromatic rings. The Kier molecular flexibility index (Phi) is 5.25. The van der Waals surface area contributed by atoms with Gasteiger partial charge in [-0.25, -0.2) is 13.1 Å². The summed E-state index contributed by atoms with van der Waals surface area (Å²) in [5.41, 5.74) is 0.101. The molecule has 3 rings (SSSR count). The lowest BCUT2D eigenvalue weighted by Gasteiger charge is -2.14. The van der Waals surface area contributed by atoms with Crippen molar-refractivity contribution < 1.29 is 22.7 Å². The van der Waals surface area contributed by atoms with Gasteiger partial charge in [0.15, 0.2) is 5.82 Å². The predicted octanol–water partition coefficient (Wildman–Crippen LogP) is 0.748. The fraction of sp³-hybridized carbons (Fsp3) is 0.375. The van der Waals surface area contributed by atoms with Gasteiger partial charge in [0.25, 0.3) is 5.91 Å². The van der Waals surface area contributed by atoms with Crippen molar-refractivity contribution in [2.45, 2.75) is 17.4 Å². The first kappa shape index (κ1) is 18.4. The molecule has 2 N–H and O–H groups in total. The van der Waals surface area contributed by atoms with Crippen molar-refractivity contribution in [3.8, 4) is 5.75 Å². The molecule has 1 aliphatic rings. The van der Waals surface area contributed by atoms with Gasteiger partial charge in [0, 0.05) is 32.0 Å². The molecule has 1 fully saturated rings. The van der Waals surface area contributed by atoms with E-state index in [1.165, 1.54) is 25.3 Å². The Morgan fingerprint density at radius 2 is 2.19 bits per heavy atom. The lowest BCUT2D eigenvalue weighted by atomic mass is 10.2. The van der Waals surface area contributed by atoms with Crippen molar-refractivity contribution in [3.63, 3.8) is 0 Å². The Balaban J connectivity index is 1.86. The van der Waals surface area contributed by atoms with E-state index in [0.717, 1.165) is 0 Å². The molecule has 0 bridgehead atoms. The number of anilines is 1. The van der Waals surface area contributed by atoms with E-state index in [0.29, 0.717) is 25.5 Å². The topological polar surface area (TPSA) is 112 Å². The molecular formula is C16H20N4O5S. The van der Waals surface area contributed by atoms with Crippen molar-refractivity contribution in [1.82, 2.24) is 14.5 Å². The Hall–Kier alpha value is -2.43. The second kappa shape index (κ2) is 7.44. The molecule has 0 spiro atoms. The van der Waals surface area contributed by atoms with Crippen LogP contribution in [0.5, 0.6) is 5.75 Å². The second-order valence-corrected chi connectivity index (χ2v) is 7.59. The molecule has 1 aromatic carbocycles. The minimum atomic E-state index is -3.78. The van der Waals surface area contributed by atoms with Gasteiger partial charge >= 0.3 is 0 Å². The summed E-state index contributed by atoms with van der Waals surface area (Å²) in [7, 11) is -0.643. The Morgan fingerprint density at radius 3 is 2.81 bits per heavy atom. The summed E-state index contributed by atoms with van der Waals surface area (Å²) in [5.74, 6) is 0.109. The van der Waals surface area contributed by atoms with Crippen LogP contribution >= 0.6 is 0 Å². The predicted molar refractivity (Wildman–Crippen MR) is 93.7 cm³/mol. The van der Waals surface area contributed by atoms with Gasteiger partial charge < -0.3 is 14.8 Å². The largest absolute Gasteiger partial charge is 0.496 e. The highest BCUT2D eigenvalue weighted by molar-refractivity contribution is 7.89. The summed E-state index contributed by atoms with van der Waals surface area (Å²) in [4.78, 5) is 12.5. The maximum atomic E-state index is 12.6. The molecule has 1 aromatic heterocycles. The highest BCUT2D eigenvalue weighted by Crippen LogP contribution is 2.24. The van der Waals surface area contributed by atoms with Gasteiger partial charge in [-0.1, -0.05) is 0 Å². The Labute approximate surface area is 151 Å². The second-order valence-electron chi connectivity index (χ2n) is 5.87. The third kappa shape index (κ3) is 4.03. The standard InChI is InChI=1S/C16H20N4O5S/c1-20-7-5-15(18-20)17-16(21)13-9-12(3-4-14(13)24-2)26(22,23)19-11-6-8-25-10-11/h3-5,7,9,11,19H,6,8,10H2,1-2H3,(H,17,18,21)/t11-/m0/s1. The molecule has 0 unspecified atom stereocenters. The summed E-state index contributed by atoms with van der Waals surface area (Å²) in [5, 5.41) is 6.69. The maximum Gasteiger partial charge on any atom is 0.260 e. The number of carbonyl (C=O) groups is 1. The lowest BCUT2D eigenvalue weighted by molar-refractivity contribution is 0.102. The van der Waals surface area contributed by atoms with Gasteiger partial charge in [-0.3, -0.25) is 9.48 Å². The maximum absolute atomic E-state index is 12.6. The van der Waals surface area contributed by atoms with Gasteiger partial charge in [-0.15, -0.1) is 0 Å². The average Bonchev–Trinajstić information content (AvgIpc) is 3.25. The highest BCUT2D eigenvalue weighted by Gasteiger charge is 2.25. The van der Waals surface area contributed by atoms with E-state index in [9.17, 15) is 13.2 Å². The zero-order valence-corrected chi connectivity index (χ0v) is 15.2. The number of aryl methyl sites for hydroxylation is 1. The van der Waals surface area contributed by atoms with Crippen LogP contribution in [0.3, 0.4) is 0 Å². The van der Waals surface area contributed by atoms with Crippen LogP contribution in [-0.2, 0) is 21.8 Å². The Bertz CT molecular complexity index is 903. The van der Waals surface area contributed by atoms with Gasteiger partial charge in [0.1, 0.15) is 5.75 Å². The molecule has 0 radical (unpaired) electrons. The van der Waals surface area contributed by atoms with Gasteiger partial charge in [-0.2, -0.15) is 5.10 Å². The minimum Gasteiger partial charge on any atom is -0.496 e. The number of hydrogen-bond acceptors (Lipinski definition) is 6. The molecule has 10 heteroatoms. The van der Waals surface area contributed by atoms with Gasteiger partial charge in [0.2, 0.25) is 10.0 Å². The first-order valence-electron chi connectivity index (χ1n) is 7.98. The van der Waals surface area contributed by atoms with Crippen LogP contribution in [-0.4, -0.2) is 50.5 Å². The van der Waals surface area contributed by atoms with Crippen molar-refractivity contribution in [3.05, 3.63) is 36.0 Å².